The maximum atomic E-state index is 12.1. The first kappa shape index (κ1) is 13.9. The summed E-state index contributed by atoms with van der Waals surface area (Å²) in [6.07, 6.45) is 10.3. The molecule has 20 heavy (non-hydrogen) atoms. The summed E-state index contributed by atoms with van der Waals surface area (Å²) in [6, 6.07) is 9.40. The number of aromatic nitrogens is 2. The molecule has 1 N–H and O–H groups in total. The van der Waals surface area contributed by atoms with Gasteiger partial charge in [-0.3, -0.25) is 4.79 Å². The lowest BCUT2D eigenvalue weighted by atomic mass is 10.1. The number of nitrogens with one attached hydrogen (secondary N) is 1. The average molecular weight is 267 g/mol. The number of hydrogen-bond donors (Lipinski definition) is 1. The van der Waals surface area contributed by atoms with E-state index in [1.807, 2.05) is 37.3 Å². The van der Waals surface area contributed by atoms with Crippen molar-refractivity contribution in [2.75, 3.05) is 0 Å². The first-order chi connectivity index (χ1) is 9.74. The number of amides is 1. The Morgan fingerprint density at radius 3 is 2.85 bits per heavy atom. The van der Waals surface area contributed by atoms with Gasteiger partial charge in [0.05, 0.1) is 23.5 Å². The van der Waals surface area contributed by atoms with Crippen LogP contribution in [0.3, 0.4) is 0 Å². The molecule has 0 saturated carbocycles. The fourth-order valence-electron chi connectivity index (χ4n) is 1.89. The summed E-state index contributed by atoms with van der Waals surface area (Å²) < 4.78 is 1.67. The fourth-order valence-corrected chi connectivity index (χ4v) is 1.89. The number of carbonyl (C=O) groups excluding carboxylic acids is 1. The highest BCUT2D eigenvalue weighted by Crippen LogP contribution is 2.08. The fraction of sp³-hybridized carbons (Fsp3) is 0.250. The summed E-state index contributed by atoms with van der Waals surface area (Å²) in [4.78, 5) is 12.1. The van der Waals surface area contributed by atoms with Crippen molar-refractivity contribution in [2.24, 2.45) is 0 Å². The van der Waals surface area contributed by atoms with Crippen molar-refractivity contribution < 1.29 is 4.79 Å². The maximum Gasteiger partial charge on any atom is 0.255 e. The zero-order valence-electron chi connectivity index (χ0n) is 11.4. The Morgan fingerprint density at radius 1 is 1.45 bits per heavy atom. The van der Waals surface area contributed by atoms with Gasteiger partial charge in [-0.15, -0.1) is 6.42 Å². The van der Waals surface area contributed by atoms with E-state index in [4.69, 9.17) is 6.42 Å². The number of carbonyl (C=O) groups is 1. The molecule has 2 rings (SSSR count). The van der Waals surface area contributed by atoms with Crippen LogP contribution in [-0.2, 0) is 0 Å². The molecule has 4 nitrogen and oxygen atoms in total. The van der Waals surface area contributed by atoms with Crippen molar-refractivity contribution >= 4 is 5.91 Å². The Hall–Kier alpha value is -2.54. The van der Waals surface area contributed by atoms with Crippen molar-refractivity contribution in [3.63, 3.8) is 0 Å². The van der Waals surface area contributed by atoms with Crippen LogP contribution in [0.1, 0.15) is 30.1 Å². The quantitative estimate of drug-likeness (QED) is 0.846. The van der Waals surface area contributed by atoms with E-state index in [1.165, 1.54) is 0 Å². The lowest BCUT2D eigenvalue weighted by Crippen LogP contribution is -2.33. The third-order valence-electron chi connectivity index (χ3n) is 2.95. The summed E-state index contributed by atoms with van der Waals surface area (Å²) in [7, 11) is 0. The van der Waals surface area contributed by atoms with Gasteiger partial charge in [-0.2, -0.15) is 5.10 Å². The molecule has 0 aliphatic rings. The summed E-state index contributed by atoms with van der Waals surface area (Å²) in [6.45, 7) is 2.03. The average Bonchev–Trinajstić information content (AvgIpc) is 2.97. The Kier molecular flexibility index (Phi) is 4.56. The summed E-state index contributed by atoms with van der Waals surface area (Å²) >= 11 is 0. The van der Waals surface area contributed by atoms with Crippen molar-refractivity contribution in [1.82, 2.24) is 15.1 Å². The van der Waals surface area contributed by atoms with E-state index >= 15 is 0 Å². The number of terminal acetylenes is 1. The van der Waals surface area contributed by atoms with Crippen LogP contribution < -0.4 is 5.32 Å². The molecule has 0 aliphatic carbocycles. The highest BCUT2D eigenvalue weighted by atomic mass is 16.1. The van der Waals surface area contributed by atoms with E-state index in [-0.39, 0.29) is 11.9 Å². The molecule has 0 fully saturated rings. The van der Waals surface area contributed by atoms with Crippen LogP contribution in [0, 0.1) is 12.3 Å². The largest absolute Gasteiger partial charge is 0.338 e. The number of benzene rings is 1. The van der Waals surface area contributed by atoms with Gasteiger partial charge in [0.2, 0.25) is 0 Å². The minimum atomic E-state index is -0.229. The predicted molar refractivity (Wildman–Crippen MR) is 78.6 cm³/mol. The molecule has 0 radical (unpaired) electrons. The molecule has 2 aromatic rings. The van der Waals surface area contributed by atoms with Crippen molar-refractivity contribution in [3.05, 3.63) is 48.3 Å². The normalized spacial score (nSPS) is 11.6. The number of rotatable bonds is 5. The zero-order chi connectivity index (χ0) is 14.4. The molecular weight excluding hydrogens is 250 g/mol. The molecule has 4 heteroatoms. The number of nitrogens with zero attached hydrogens (tertiary/aromatic N) is 2. The van der Waals surface area contributed by atoms with Gasteiger partial charge in [0, 0.05) is 6.20 Å². The highest BCUT2D eigenvalue weighted by Gasteiger charge is 2.13. The number of para-hydroxylation sites is 1. The number of hydrogen-bond acceptors (Lipinski definition) is 2. The van der Waals surface area contributed by atoms with Gasteiger partial charge in [-0.25, -0.2) is 4.68 Å². The van der Waals surface area contributed by atoms with Crippen molar-refractivity contribution in [1.29, 1.82) is 0 Å². The van der Waals surface area contributed by atoms with Gasteiger partial charge in [0.25, 0.3) is 5.91 Å². The topological polar surface area (TPSA) is 46.9 Å². The van der Waals surface area contributed by atoms with Crippen LogP contribution in [0.15, 0.2) is 42.7 Å². The molecule has 1 amide bonds. The Morgan fingerprint density at radius 2 is 2.20 bits per heavy atom. The van der Waals surface area contributed by atoms with E-state index in [1.54, 1.807) is 17.1 Å². The lowest BCUT2D eigenvalue weighted by molar-refractivity contribution is 0.0944. The molecule has 1 heterocycles. The standard InChI is InChI=1S/C16H17N3O/c1-3-8-14(4-2)18-16(20)13-11-17-19(12-13)15-9-6-5-7-10-15/h2,5-7,9-12,14H,3,8H2,1H3,(H,18,20). The minimum absolute atomic E-state index is 0.191. The molecule has 0 saturated heterocycles. The van der Waals surface area contributed by atoms with Gasteiger partial charge >= 0.3 is 0 Å². The maximum absolute atomic E-state index is 12.1. The van der Waals surface area contributed by atoms with Gasteiger partial charge in [0.15, 0.2) is 0 Å². The lowest BCUT2D eigenvalue weighted by Gasteiger charge is -2.10. The van der Waals surface area contributed by atoms with Gasteiger partial charge < -0.3 is 5.32 Å². The van der Waals surface area contributed by atoms with Crippen LogP contribution in [0.25, 0.3) is 5.69 Å². The van der Waals surface area contributed by atoms with E-state index in [0.29, 0.717) is 5.56 Å². The smallest absolute Gasteiger partial charge is 0.255 e. The van der Waals surface area contributed by atoms with E-state index in [2.05, 4.69) is 16.3 Å². The second-order valence-electron chi connectivity index (χ2n) is 4.49. The monoisotopic (exact) mass is 267 g/mol. The van der Waals surface area contributed by atoms with Crippen LogP contribution in [0.4, 0.5) is 0 Å². The molecule has 0 aliphatic heterocycles. The van der Waals surface area contributed by atoms with E-state index in [9.17, 15) is 4.79 Å². The third kappa shape index (κ3) is 3.27. The molecule has 102 valence electrons. The van der Waals surface area contributed by atoms with Gasteiger partial charge in [-0.05, 0) is 18.6 Å². The Bertz CT molecular complexity index is 610. The molecule has 1 aromatic carbocycles. The molecule has 0 bridgehead atoms. The van der Waals surface area contributed by atoms with E-state index < -0.39 is 0 Å². The van der Waals surface area contributed by atoms with Crippen molar-refractivity contribution in [3.8, 4) is 18.0 Å². The van der Waals surface area contributed by atoms with Gasteiger partial charge in [0.1, 0.15) is 0 Å². The summed E-state index contributed by atoms with van der Waals surface area (Å²) in [5, 5.41) is 7.01. The zero-order valence-corrected chi connectivity index (χ0v) is 11.4. The van der Waals surface area contributed by atoms with Gasteiger partial charge in [-0.1, -0.05) is 37.5 Å². The minimum Gasteiger partial charge on any atom is -0.338 e. The van der Waals surface area contributed by atoms with E-state index in [0.717, 1.165) is 18.5 Å². The molecule has 1 aromatic heterocycles. The molecular formula is C16H17N3O. The predicted octanol–water partition coefficient (Wildman–Crippen LogP) is 2.40. The van der Waals surface area contributed by atoms with Crippen LogP contribution >= 0.6 is 0 Å². The first-order valence-electron chi connectivity index (χ1n) is 6.61. The Labute approximate surface area is 118 Å². The highest BCUT2D eigenvalue weighted by molar-refractivity contribution is 5.94. The molecule has 1 unspecified atom stereocenters. The van der Waals surface area contributed by atoms with Crippen LogP contribution in [-0.4, -0.2) is 21.7 Å². The Balaban J connectivity index is 2.09. The van der Waals surface area contributed by atoms with Crippen molar-refractivity contribution in [2.45, 2.75) is 25.8 Å². The molecule has 0 spiro atoms. The molecule has 1 atom stereocenters. The van der Waals surface area contributed by atoms with Crippen LogP contribution in [0.5, 0.6) is 0 Å². The van der Waals surface area contributed by atoms with Crippen LogP contribution in [0.2, 0.25) is 0 Å². The summed E-state index contributed by atoms with van der Waals surface area (Å²) in [5.74, 6) is 2.39. The second kappa shape index (κ2) is 6.58. The SMILES string of the molecule is C#CC(CCC)NC(=O)c1cnn(-c2ccccc2)c1. The second-order valence-corrected chi connectivity index (χ2v) is 4.49. The third-order valence-corrected chi connectivity index (χ3v) is 2.95. The first-order valence-corrected chi connectivity index (χ1v) is 6.61. The summed E-state index contributed by atoms with van der Waals surface area (Å²) in [5.41, 5.74) is 1.42.